The molecular formula is C13H16N4O3S. The molecule has 0 atom stereocenters. The van der Waals surface area contributed by atoms with Crippen LogP contribution in [0.4, 0.5) is 10.5 Å². The highest BCUT2D eigenvalue weighted by molar-refractivity contribution is 7.89. The number of nitrogens with one attached hydrogen (secondary N) is 1. The molecule has 0 fully saturated rings. The molecule has 0 unspecified atom stereocenters. The van der Waals surface area contributed by atoms with Crippen LogP contribution in [0.1, 0.15) is 5.56 Å². The normalized spacial score (nSPS) is 11.6. The quantitative estimate of drug-likeness (QED) is 0.931. The predicted octanol–water partition coefficient (Wildman–Crippen LogP) is 1.52. The van der Waals surface area contributed by atoms with Crippen molar-refractivity contribution in [3.63, 3.8) is 0 Å². The summed E-state index contributed by atoms with van der Waals surface area (Å²) in [6, 6.07) is 4.34. The maximum Gasteiger partial charge on any atom is 0.331 e. The molecule has 21 heavy (non-hydrogen) atoms. The van der Waals surface area contributed by atoms with Crippen molar-refractivity contribution in [2.24, 2.45) is 0 Å². The van der Waals surface area contributed by atoms with Gasteiger partial charge in [0.25, 0.3) is 0 Å². The lowest BCUT2D eigenvalue weighted by Gasteiger charge is -2.15. The van der Waals surface area contributed by atoms with Gasteiger partial charge in [-0.05, 0) is 24.6 Å². The van der Waals surface area contributed by atoms with Gasteiger partial charge in [0.1, 0.15) is 6.33 Å². The van der Waals surface area contributed by atoms with Crippen molar-refractivity contribution in [2.75, 3.05) is 19.4 Å². The summed E-state index contributed by atoms with van der Waals surface area (Å²) >= 11 is 0. The molecule has 0 saturated heterocycles. The van der Waals surface area contributed by atoms with Gasteiger partial charge in [-0.25, -0.2) is 22.5 Å². The number of aryl methyl sites for hydroxylation is 1. The highest BCUT2D eigenvalue weighted by Crippen LogP contribution is 2.22. The fourth-order valence-corrected chi connectivity index (χ4v) is 2.86. The standard InChI is InChI=1S/C13H16N4O3S/c1-10-4-5-11(8-12(10)21(19,20)16(2)3)15-13(18)17-7-6-14-9-17/h4-9H,1-3H3,(H,15,18). The largest absolute Gasteiger partial charge is 0.331 e. The van der Waals surface area contributed by atoms with Gasteiger partial charge < -0.3 is 5.32 Å². The van der Waals surface area contributed by atoms with Crippen LogP contribution in [0.3, 0.4) is 0 Å². The molecule has 0 aliphatic heterocycles. The molecule has 112 valence electrons. The number of carbonyl (C=O) groups is 1. The monoisotopic (exact) mass is 308 g/mol. The number of benzene rings is 1. The molecule has 1 heterocycles. The second kappa shape index (κ2) is 5.66. The van der Waals surface area contributed by atoms with E-state index >= 15 is 0 Å². The Bertz CT molecular complexity index is 752. The number of amides is 1. The lowest BCUT2D eigenvalue weighted by atomic mass is 10.2. The third kappa shape index (κ3) is 3.11. The third-order valence-electron chi connectivity index (χ3n) is 2.94. The van der Waals surface area contributed by atoms with E-state index in [0.717, 1.165) is 4.31 Å². The lowest BCUT2D eigenvalue weighted by molar-refractivity contribution is 0.253. The summed E-state index contributed by atoms with van der Waals surface area (Å²) in [7, 11) is -0.629. The molecule has 0 saturated carbocycles. The molecule has 0 aliphatic rings. The first-order chi connectivity index (χ1) is 9.82. The zero-order chi connectivity index (χ0) is 15.6. The van der Waals surface area contributed by atoms with Crippen molar-refractivity contribution in [2.45, 2.75) is 11.8 Å². The molecule has 0 radical (unpaired) electrons. The number of aromatic nitrogens is 2. The van der Waals surface area contributed by atoms with Gasteiger partial charge in [0, 0.05) is 32.2 Å². The number of nitrogens with zero attached hydrogens (tertiary/aromatic N) is 3. The van der Waals surface area contributed by atoms with E-state index in [1.54, 1.807) is 19.1 Å². The molecule has 1 aromatic heterocycles. The van der Waals surface area contributed by atoms with Gasteiger partial charge in [-0.1, -0.05) is 6.07 Å². The van der Waals surface area contributed by atoms with Crippen LogP contribution in [0.2, 0.25) is 0 Å². The smallest absolute Gasteiger partial charge is 0.307 e. The zero-order valence-corrected chi connectivity index (χ0v) is 12.8. The SMILES string of the molecule is Cc1ccc(NC(=O)n2ccnc2)cc1S(=O)(=O)N(C)C. The fourth-order valence-electron chi connectivity index (χ4n) is 1.72. The summed E-state index contributed by atoms with van der Waals surface area (Å²) in [4.78, 5) is 15.8. The van der Waals surface area contributed by atoms with E-state index in [4.69, 9.17) is 0 Å². The Morgan fingerprint density at radius 3 is 2.62 bits per heavy atom. The molecular weight excluding hydrogens is 292 g/mol. The van der Waals surface area contributed by atoms with Gasteiger partial charge in [0.05, 0.1) is 4.90 Å². The first-order valence-corrected chi connectivity index (χ1v) is 7.59. The van der Waals surface area contributed by atoms with E-state index in [1.807, 2.05) is 0 Å². The molecule has 1 N–H and O–H groups in total. The number of imidazole rings is 1. The number of anilines is 1. The Morgan fingerprint density at radius 1 is 1.33 bits per heavy atom. The van der Waals surface area contributed by atoms with Crippen molar-refractivity contribution in [1.29, 1.82) is 0 Å². The summed E-state index contributed by atoms with van der Waals surface area (Å²) in [6.07, 6.45) is 4.35. The van der Waals surface area contributed by atoms with Crippen LogP contribution in [0.25, 0.3) is 0 Å². The van der Waals surface area contributed by atoms with Crippen LogP contribution < -0.4 is 5.32 Å². The van der Waals surface area contributed by atoms with Crippen molar-refractivity contribution in [3.05, 3.63) is 42.5 Å². The third-order valence-corrected chi connectivity index (χ3v) is 4.89. The minimum absolute atomic E-state index is 0.163. The molecule has 7 nitrogen and oxygen atoms in total. The Morgan fingerprint density at radius 2 is 2.05 bits per heavy atom. The average molecular weight is 308 g/mol. The second-order valence-corrected chi connectivity index (χ2v) is 6.79. The highest BCUT2D eigenvalue weighted by Gasteiger charge is 2.20. The van der Waals surface area contributed by atoms with Crippen LogP contribution in [-0.4, -0.2) is 42.4 Å². The fraction of sp³-hybridized carbons (Fsp3) is 0.231. The summed E-state index contributed by atoms with van der Waals surface area (Å²) in [6.45, 7) is 1.71. The number of hydrogen-bond donors (Lipinski definition) is 1. The van der Waals surface area contributed by atoms with E-state index in [-0.39, 0.29) is 4.90 Å². The zero-order valence-electron chi connectivity index (χ0n) is 11.9. The second-order valence-electron chi connectivity index (χ2n) is 4.67. The summed E-state index contributed by atoms with van der Waals surface area (Å²) in [5.74, 6) is 0. The van der Waals surface area contributed by atoms with E-state index in [1.165, 1.54) is 43.4 Å². The molecule has 0 bridgehead atoms. The van der Waals surface area contributed by atoms with Gasteiger partial charge in [-0.3, -0.25) is 4.57 Å². The van der Waals surface area contributed by atoms with E-state index in [2.05, 4.69) is 10.3 Å². The minimum Gasteiger partial charge on any atom is -0.307 e. The van der Waals surface area contributed by atoms with Crippen molar-refractivity contribution < 1.29 is 13.2 Å². The molecule has 0 spiro atoms. The minimum atomic E-state index is -3.56. The number of carbonyl (C=O) groups excluding carboxylic acids is 1. The Hall–Kier alpha value is -2.19. The Kier molecular flexibility index (Phi) is 4.10. The lowest BCUT2D eigenvalue weighted by Crippen LogP contribution is -2.23. The van der Waals surface area contributed by atoms with E-state index in [9.17, 15) is 13.2 Å². The van der Waals surface area contributed by atoms with Crippen LogP contribution in [0, 0.1) is 6.92 Å². The van der Waals surface area contributed by atoms with Crippen LogP contribution in [0.15, 0.2) is 41.8 Å². The number of rotatable bonds is 3. The molecule has 8 heteroatoms. The first-order valence-electron chi connectivity index (χ1n) is 6.15. The van der Waals surface area contributed by atoms with Crippen molar-refractivity contribution in [3.8, 4) is 0 Å². The molecule has 2 aromatic rings. The first kappa shape index (κ1) is 15.2. The van der Waals surface area contributed by atoms with Crippen LogP contribution >= 0.6 is 0 Å². The molecule has 1 amide bonds. The topological polar surface area (TPSA) is 84.3 Å². The van der Waals surface area contributed by atoms with Crippen molar-refractivity contribution in [1.82, 2.24) is 13.9 Å². The van der Waals surface area contributed by atoms with Gasteiger partial charge in [-0.2, -0.15) is 0 Å². The molecule has 1 aromatic carbocycles. The number of hydrogen-bond acceptors (Lipinski definition) is 4. The maximum absolute atomic E-state index is 12.2. The van der Waals surface area contributed by atoms with E-state index < -0.39 is 16.1 Å². The number of sulfonamides is 1. The molecule has 0 aliphatic carbocycles. The van der Waals surface area contributed by atoms with Crippen LogP contribution in [0.5, 0.6) is 0 Å². The van der Waals surface area contributed by atoms with Crippen LogP contribution in [-0.2, 0) is 10.0 Å². The van der Waals surface area contributed by atoms with Gasteiger partial charge >= 0.3 is 6.03 Å². The predicted molar refractivity (Wildman–Crippen MR) is 78.7 cm³/mol. The Balaban J connectivity index is 2.34. The van der Waals surface area contributed by atoms with Gasteiger partial charge in [0.2, 0.25) is 10.0 Å². The highest BCUT2D eigenvalue weighted by atomic mass is 32.2. The summed E-state index contributed by atoms with van der Waals surface area (Å²) in [5.41, 5.74) is 1.02. The maximum atomic E-state index is 12.2. The van der Waals surface area contributed by atoms with E-state index in [0.29, 0.717) is 11.3 Å². The van der Waals surface area contributed by atoms with Gasteiger partial charge in [-0.15, -0.1) is 0 Å². The van der Waals surface area contributed by atoms with Crippen molar-refractivity contribution >= 4 is 21.7 Å². The molecule has 2 rings (SSSR count). The Labute approximate surface area is 123 Å². The van der Waals surface area contributed by atoms with Gasteiger partial charge in [0.15, 0.2) is 0 Å². The average Bonchev–Trinajstić information content (AvgIpc) is 2.94. The summed E-state index contributed by atoms with van der Waals surface area (Å²) < 4.78 is 26.8. The summed E-state index contributed by atoms with van der Waals surface area (Å²) in [5, 5.41) is 2.62.